The Balaban J connectivity index is 1.87. The normalized spacial score (nSPS) is 12.6. The molecule has 0 fully saturated rings. The molecule has 1 unspecified atom stereocenters. The second kappa shape index (κ2) is 8.43. The molecule has 1 aromatic heterocycles. The van der Waals surface area contributed by atoms with E-state index in [0.717, 1.165) is 6.07 Å². The molecule has 1 atom stereocenters. The van der Waals surface area contributed by atoms with Crippen LogP contribution in [0.4, 0.5) is 27.8 Å². The fourth-order valence-electron chi connectivity index (χ4n) is 2.88. The van der Waals surface area contributed by atoms with Gasteiger partial charge in [-0.2, -0.15) is 18.3 Å². The van der Waals surface area contributed by atoms with Crippen LogP contribution in [0, 0.1) is 17.6 Å². The van der Waals surface area contributed by atoms with Gasteiger partial charge in [0.15, 0.2) is 5.82 Å². The van der Waals surface area contributed by atoms with Gasteiger partial charge in [0.1, 0.15) is 17.3 Å². The van der Waals surface area contributed by atoms with Crippen LogP contribution in [0.3, 0.4) is 0 Å². The molecule has 1 amide bonds. The predicted octanol–water partition coefficient (Wildman–Crippen LogP) is 5.84. The zero-order valence-corrected chi connectivity index (χ0v) is 16.2. The molecule has 4 nitrogen and oxygen atoms in total. The van der Waals surface area contributed by atoms with E-state index in [4.69, 9.17) is 11.6 Å². The van der Waals surface area contributed by atoms with Gasteiger partial charge in [-0.3, -0.25) is 9.89 Å². The fraction of sp³-hybridized carbons (Fsp3) is 0.200. The third-order valence-corrected chi connectivity index (χ3v) is 4.67. The Hall–Kier alpha value is -2.94. The molecule has 0 spiro atoms. The van der Waals surface area contributed by atoms with E-state index in [1.807, 2.05) is 5.10 Å². The number of nitrogens with zero attached hydrogens (tertiary/aromatic N) is 1. The minimum Gasteiger partial charge on any atom is -0.308 e. The molecule has 0 bridgehead atoms. The number of nitrogens with one attached hydrogen (secondary N) is 2. The van der Waals surface area contributed by atoms with Crippen LogP contribution in [0.5, 0.6) is 0 Å². The molecule has 2 aromatic carbocycles. The van der Waals surface area contributed by atoms with E-state index in [-0.39, 0.29) is 28.9 Å². The van der Waals surface area contributed by atoms with Crippen LogP contribution in [0.15, 0.2) is 42.5 Å². The number of H-pyrrole nitrogens is 1. The summed E-state index contributed by atoms with van der Waals surface area (Å²) in [6, 6.07) is 8.53. The van der Waals surface area contributed by atoms with Gasteiger partial charge in [0.25, 0.3) is 0 Å². The maximum Gasteiger partial charge on any atom is 0.433 e. The molecule has 0 saturated heterocycles. The van der Waals surface area contributed by atoms with Crippen molar-refractivity contribution in [1.82, 2.24) is 10.2 Å². The van der Waals surface area contributed by atoms with Gasteiger partial charge in [-0.1, -0.05) is 36.7 Å². The Morgan fingerprint density at radius 3 is 2.43 bits per heavy atom. The number of aromatic amines is 1. The van der Waals surface area contributed by atoms with Gasteiger partial charge in [0.2, 0.25) is 5.91 Å². The Kier molecular flexibility index (Phi) is 6.12. The lowest BCUT2D eigenvalue weighted by atomic mass is 9.99. The van der Waals surface area contributed by atoms with Crippen molar-refractivity contribution in [2.45, 2.75) is 19.5 Å². The summed E-state index contributed by atoms with van der Waals surface area (Å²) in [5, 5.41) is 8.20. The monoisotopic (exact) mass is 443 g/mol. The molecule has 0 saturated carbocycles. The lowest BCUT2D eigenvalue weighted by Crippen LogP contribution is -2.23. The Morgan fingerprint density at radius 1 is 1.17 bits per heavy atom. The molecular formula is C20H15ClF5N3O. The summed E-state index contributed by atoms with van der Waals surface area (Å²) in [4.78, 5) is 12.5. The van der Waals surface area contributed by atoms with Crippen LogP contribution in [0.25, 0.3) is 11.1 Å². The van der Waals surface area contributed by atoms with E-state index in [9.17, 15) is 26.7 Å². The summed E-state index contributed by atoms with van der Waals surface area (Å²) in [6.07, 6.45) is -4.82. The molecule has 158 valence electrons. The number of anilines is 1. The molecule has 10 heteroatoms. The van der Waals surface area contributed by atoms with E-state index in [2.05, 4.69) is 10.4 Å². The summed E-state index contributed by atoms with van der Waals surface area (Å²) in [5.41, 5.74) is -1.21. The van der Waals surface area contributed by atoms with Crippen molar-refractivity contribution in [1.29, 1.82) is 0 Å². The number of amides is 1. The van der Waals surface area contributed by atoms with Crippen LogP contribution in [0.2, 0.25) is 5.02 Å². The average Bonchev–Trinajstić information content (AvgIpc) is 3.08. The summed E-state index contributed by atoms with van der Waals surface area (Å²) >= 11 is 5.80. The highest BCUT2D eigenvalue weighted by molar-refractivity contribution is 6.30. The van der Waals surface area contributed by atoms with Crippen molar-refractivity contribution in [3.8, 4) is 11.1 Å². The zero-order valence-electron chi connectivity index (χ0n) is 15.4. The lowest BCUT2D eigenvalue weighted by Gasteiger charge is -2.13. The van der Waals surface area contributed by atoms with Crippen LogP contribution in [-0.4, -0.2) is 16.1 Å². The second-order valence-corrected chi connectivity index (χ2v) is 7.09. The highest BCUT2D eigenvalue weighted by Gasteiger charge is 2.38. The molecule has 2 N–H and O–H groups in total. The second-order valence-electron chi connectivity index (χ2n) is 6.66. The molecule has 0 aliphatic rings. The largest absolute Gasteiger partial charge is 0.433 e. The van der Waals surface area contributed by atoms with Crippen LogP contribution in [-0.2, 0) is 17.4 Å². The summed E-state index contributed by atoms with van der Waals surface area (Å²) < 4.78 is 67.1. The Labute approximate surface area is 173 Å². The first-order valence-corrected chi connectivity index (χ1v) is 9.10. The summed E-state index contributed by atoms with van der Waals surface area (Å²) in [6.45, 7) is 1.47. The smallest absolute Gasteiger partial charge is 0.308 e. The van der Waals surface area contributed by atoms with Crippen molar-refractivity contribution >= 4 is 23.3 Å². The van der Waals surface area contributed by atoms with E-state index in [1.165, 1.54) is 37.3 Å². The minimum atomic E-state index is -4.74. The van der Waals surface area contributed by atoms with Gasteiger partial charge in [-0.05, 0) is 35.7 Å². The van der Waals surface area contributed by atoms with E-state index < -0.39 is 35.3 Å². The topological polar surface area (TPSA) is 57.8 Å². The number of alkyl halides is 3. The lowest BCUT2D eigenvalue weighted by molar-refractivity contribution is -0.140. The van der Waals surface area contributed by atoms with Crippen LogP contribution in [0.1, 0.15) is 18.2 Å². The molecule has 0 aliphatic heterocycles. The quantitative estimate of drug-likeness (QED) is 0.486. The first-order chi connectivity index (χ1) is 14.1. The Bertz CT molecular complexity index is 1060. The number of carbonyl (C=O) groups is 1. The Morgan fingerprint density at radius 2 is 1.83 bits per heavy atom. The van der Waals surface area contributed by atoms with E-state index in [0.29, 0.717) is 11.1 Å². The molecular weight excluding hydrogens is 429 g/mol. The maximum atomic E-state index is 13.8. The summed E-state index contributed by atoms with van der Waals surface area (Å²) in [5.74, 6) is -3.38. The third-order valence-electron chi connectivity index (χ3n) is 4.41. The minimum absolute atomic E-state index is 0.0786. The number of rotatable bonds is 5. The van der Waals surface area contributed by atoms with Crippen molar-refractivity contribution in [3.63, 3.8) is 0 Å². The first kappa shape index (κ1) is 21.8. The number of aromatic nitrogens is 2. The number of carbonyl (C=O) groups excluding carboxylic acids is 1. The molecule has 30 heavy (non-hydrogen) atoms. The highest BCUT2D eigenvalue weighted by Crippen LogP contribution is 2.40. The van der Waals surface area contributed by atoms with Gasteiger partial charge >= 0.3 is 6.18 Å². The number of hydrogen-bond donors (Lipinski definition) is 2. The summed E-state index contributed by atoms with van der Waals surface area (Å²) in [7, 11) is 0. The SMILES string of the molecule is CC(Cc1ccc(F)cc1F)C(=O)Nc1n[nH]c(C(F)(F)F)c1-c1ccc(Cl)cc1. The van der Waals surface area contributed by atoms with E-state index >= 15 is 0 Å². The van der Waals surface area contributed by atoms with Crippen molar-refractivity contribution in [3.05, 3.63) is 70.4 Å². The van der Waals surface area contributed by atoms with Gasteiger partial charge in [0.05, 0.1) is 5.56 Å². The van der Waals surface area contributed by atoms with Gasteiger partial charge < -0.3 is 5.32 Å². The highest BCUT2D eigenvalue weighted by atomic mass is 35.5. The average molecular weight is 444 g/mol. The predicted molar refractivity (Wildman–Crippen MR) is 102 cm³/mol. The van der Waals surface area contributed by atoms with E-state index in [1.54, 1.807) is 0 Å². The maximum absolute atomic E-state index is 13.8. The number of halogens is 6. The van der Waals surface area contributed by atoms with Gasteiger partial charge in [0, 0.05) is 17.0 Å². The molecule has 0 aliphatic carbocycles. The standard InChI is InChI=1S/C20H15ClF5N3O/c1-10(8-12-4-7-14(22)9-15(12)23)19(30)27-18-16(11-2-5-13(21)6-3-11)17(28-29-18)20(24,25)26/h2-7,9-10H,8H2,1H3,(H2,27,28,29,30). The number of hydrogen-bond acceptors (Lipinski definition) is 2. The zero-order chi connectivity index (χ0) is 22.1. The molecule has 0 radical (unpaired) electrons. The molecule has 1 heterocycles. The van der Waals surface area contributed by atoms with Crippen molar-refractivity contribution in [2.24, 2.45) is 5.92 Å². The van der Waals surface area contributed by atoms with Gasteiger partial charge in [-0.25, -0.2) is 8.78 Å². The first-order valence-electron chi connectivity index (χ1n) is 8.72. The van der Waals surface area contributed by atoms with Crippen molar-refractivity contribution < 1.29 is 26.7 Å². The number of benzene rings is 2. The van der Waals surface area contributed by atoms with Crippen molar-refractivity contribution in [2.75, 3.05) is 5.32 Å². The van der Waals surface area contributed by atoms with Gasteiger partial charge in [-0.15, -0.1) is 0 Å². The van der Waals surface area contributed by atoms with Crippen LogP contribution >= 0.6 is 11.6 Å². The fourth-order valence-corrected chi connectivity index (χ4v) is 3.01. The molecule has 3 rings (SSSR count). The van der Waals surface area contributed by atoms with Crippen LogP contribution < -0.4 is 5.32 Å². The third kappa shape index (κ3) is 4.79. The molecule has 3 aromatic rings.